The lowest BCUT2D eigenvalue weighted by molar-refractivity contribution is 0.681. The topological polar surface area (TPSA) is 55.7 Å². The van der Waals surface area contributed by atoms with Crippen LogP contribution in [0.15, 0.2) is 36.5 Å². The van der Waals surface area contributed by atoms with Crippen LogP contribution in [0.1, 0.15) is 14.9 Å². The summed E-state index contributed by atoms with van der Waals surface area (Å²) in [6, 6.07) is 9.91. The molecule has 2 aromatic heterocycles. The minimum atomic E-state index is -0.996. The molecule has 2 heterocycles. The van der Waals surface area contributed by atoms with Crippen LogP contribution >= 0.6 is 22.7 Å². The number of hydrogen-bond donors (Lipinski definition) is 0. The van der Waals surface area contributed by atoms with Crippen molar-refractivity contribution in [1.82, 2.24) is 15.2 Å². The molecule has 3 aromatic rings. The van der Waals surface area contributed by atoms with E-state index in [2.05, 4.69) is 15.2 Å². The lowest BCUT2D eigenvalue weighted by atomic mass is 10.2. The normalized spacial score (nSPS) is 12.4. The highest BCUT2D eigenvalue weighted by molar-refractivity contribution is 7.83. The van der Waals surface area contributed by atoms with Gasteiger partial charge in [-0.15, -0.1) is 21.5 Å². The van der Waals surface area contributed by atoms with E-state index in [4.69, 9.17) is 0 Å². The smallest absolute Gasteiger partial charge is 0.147 e. The van der Waals surface area contributed by atoms with Gasteiger partial charge in [0.15, 0.2) is 0 Å². The van der Waals surface area contributed by atoms with Crippen molar-refractivity contribution in [2.45, 2.75) is 18.4 Å². The van der Waals surface area contributed by atoms with Crippen LogP contribution in [0.4, 0.5) is 0 Å². The molecular formula is C14H13N3OS3. The second-order valence-corrected chi connectivity index (χ2v) is 8.30. The average molecular weight is 335 g/mol. The average Bonchev–Trinajstić information content (AvgIpc) is 3.09. The van der Waals surface area contributed by atoms with E-state index < -0.39 is 10.8 Å². The highest BCUT2D eigenvalue weighted by atomic mass is 32.2. The van der Waals surface area contributed by atoms with E-state index in [1.165, 1.54) is 11.3 Å². The molecule has 0 saturated heterocycles. The third kappa shape index (κ3) is 3.81. The number of benzene rings is 1. The quantitative estimate of drug-likeness (QED) is 0.717. The molecule has 21 heavy (non-hydrogen) atoms. The predicted molar refractivity (Wildman–Crippen MR) is 87.7 cm³/mol. The SMILES string of the molecule is Cc1cnc(C[S@@](=O)Cc2nnc(-c3ccccc3)s2)s1. The zero-order valence-electron chi connectivity index (χ0n) is 11.4. The van der Waals surface area contributed by atoms with Crippen molar-refractivity contribution in [3.05, 3.63) is 51.4 Å². The molecule has 0 aliphatic carbocycles. The van der Waals surface area contributed by atoms with Crippen molar-refractivity contribution in [3.63, 3.8) is 0 Å². The van der Waals surface area contributed by atoms with Gasteiger partial charge < -0.3 is 0 Å². The summed E-state index contributed by atoms with van der Waals surface area (Å²) < 4.78 is 12.2. The molecule has 7 heteroatoms. The van der Waals surface area contributed by atoms with Crippen molar-refractivity contribution in [2.24, 2.45) is 0 Å². The van der Waals surface area contributed by atoms with Gasteiger partial charge in [-0.1, -0.05) is 41.7 Å². The number of hydrogen-bond acceptors (Lipinski definition) is 6. The summed E-state index contributed by atoms with van der Waals surface area (Å²) >= 11 is 3.09. The molecule has 3 rings (SSSR count). The van der Waals surface area contributed by atoms with E-state index in [1.54, 1.807) is 11.3 Å². The van der Waals surface area contributed by atoms with Gasteiger partial charge in [0.1, 0.15) is 15.0 Å². The van der Waals surface area contributed by atoms with E-state index in [0.717, 1.165) is 25.5 Å². The highest BCUT2D eigenvalue weighted by Gasteiger charge is 2.11. The van der Waals surface area contributed by atoms with Gasteiger partial charge in [-0.3, -0.25) is 4.21 Å². The number of nitrogens with zero attached hydrogens (tertiary/aromatic N) is 3. The molecule has 0 spiro atoms. The van der Waals surface area contributed by atoms with E-state index in [0.29, 0.717) is 11.5 Å². The highest BCUT2D eigenvalue weighted by Crippen LogP contribution is 2.24. The Hall–Kier alpha value is -1.44. The Morgan fingerprint density at radius 3 is 2.52 bits per heavy atom. The monoisotopic (exact) mass is 335 g/mol. The number of rotatable bonds is 5. The fourth-order valence-electron chi connectivity index (χ4n) is 1.80. The van der Waals surface area contributed by atoms with Crippen LogP contribution in [0.25, 0.3) is 10.6 Å². The Morgan fingerprint density at radius 2 is 1.81 bits per heavy atom. The molecule has 0 fully saturated rings. The Labute approximate surface area is 133 Å². The molecule has 0 amide bonds. The summed E-state index contributed by atoms with van der Waals surface area (Å²) in [5, 5.41) is 10.9. The standard InChI is InChI=1S/C14H13N3OS3/c1-10-7-15-12(19-10)8-21(18)9-13-16-17-14(20-13)11-5-3-2-4-6-11/h2-7H,8-9H2,1H3/t21-/m1/s1. The Bertz CT molecular complexity index is 752. The Morgan fingerprint density at radius 1 is 1.05 bits per heavy atom. The van der Waals surface area contributed by atoms with Gasteiger partial charge in [-0.25, -0.2) is 4.98 Å². The molecule has 108 valence electrons. The summed E-state index contributed by atoms with van der Waals surface area (Å²) in [7, 11) is -0.996. The number of aryl methyl sites for hydroxylation is 1. The van der Waals surface area contributed by atoms with Gasteiger partial charge in [0, 0.05) is 27.4 Å². The first kappa shape index (κ1) is 14.5. The zero-order chi connectivity index (χ0) is 14.7. The molecule has 0 radical (unpaired) electrons. The number of thiazole rings is 1. The minimum Gasteiger partial charge on any atom is -0.259 e. The molecule has 0 bridgehead atoms. The van der Waals surface area contributed by atoms with Gasteiger partial charge in [0.05, 0.1) is 11.5 Å². The molecule has 1 atom stereocenters. The third-order valence-corrected chi connectivity index (χ3v) is 6.17. The molecule has 1 aromatic carbocycles. The van der Waals surface area contributed by atoms with Crippen molar-refractivity contribution in [2.75, 3.05) is 0 Å². The fourth-order valence-corrected chi connectivity index (χ4v) is 5.07. The lowest BCUT2D eigenvalue weighted by Gasteiger charge is -1.95. The van der Waals surface area contributed by atoms with Gasteiger partial charge in [0.25, 0.3) is 0 Å². The minimum absolute atomic E-state index is 0.434. The maximum absolute atomic E-state index is 12.2. The Kier molecular flexibility index (Phi) is 4.52. The summed E-state index contributed by atoms with van der Waals surface area (Å²) in [5.74, 6) is 0.919. The van der Waals surface area contributed by atoms with E-state index in [1.807, 2.05) is 43.5 Å². The van der Waals surface area contributed by atoms with Crippen LogP contribution in [0, 0.1) is 6.92 Å². The summed E-state index contributed by atoms with van der Waals surface area (Å²) in [6.07, 6.45) is 1.82. The van der Waals surface area contributed by atoms with E-state index in [-0.39, 0.29) is 0 Å². The maximum atomic E-state index is 12.2. The largest absolute Gasteiger partial charge is 0.259 e. The molecule has 4 nitrogen and oxygen atoms in total. The first-order valence-corrected chi connectivity index (χ1v) is 9.47. The van der Waals surface area contributed by atoms with Gasteiger partial charge in [-0.05, 0) is 6.92 Å². The van der Waals surface area contributed by atoms with Crippen LogP contribution in [0.3, 0.4) is 0 Å². The van der Waals surface area contributed by atoms with Gasteiger partial charge in [0.2, 0.25) is 0 Å². The molecule has 0 N–H and O–H groups in total. The lowest BCUT2D eigenvalue weighted by Crippen LogP contribution is -1.98. The van der Waals surface area contributed by atoms with Gasteiger partial charge >= 0.3 is 0 Å². The van der Waals surface area contributed by atoms with Gasteiger partial charge in [-0.2, -0.15) is 0 Å². The van der Waals surface area contributed by atoms with Crippen LogP contribution in [0.5, 0.6) is 0 Å². The molecular weight excluding hydrogens is 322 g/mol. The molecule has 0 aliphatic rings. The van der Waals surface area contributed by atoms with Crippen molar-refractivity contribution >= 4 is 33.5 Å². The first-order chi connectivity index (χ1) is 10.2. The second-order valence-electron chi connectivity index (χ2n) is 4.46. The molecule has 0 saturated carbocycles. The second kappa shape index (κ2) is 6.55. The van der Waals surface area contributed by atoms with E-state index in [9.17, 15) is 4.21 Å². The van der Waals surface area contributed by atoms with E-state index >= 15 is 0 Å². The van der Waals surface area contributed by atoms with Crippen molar-refractivity contribution < 1.29 is 4.21 Å². The van der Waals surface area contributed by atoms with Crippen LogP contribution in [-0.2, 0) is 22.3 Å². The van der Waals surface area contributed by atoms with Crippen LogP contribution in [-0.4, -0.2) is 19.4 Å². The first-order valence-electron chi connectivity index (χ1n) is 6.35. The molecule has 0 aliphatic heterocycles. The van der Waals surface area contributed by atoms with Crippen LogP contribution < -0.4 is 0 Å². The fraction of sp³-hybridized carbons (Fsp3) is 0.214. The number of aromatic nitrogens is 3. The van der Waals surface area contributed by atoms with Crippen molar-refractivity contribution in [1.29, 1.82) is 0 Å². The molecule has 0 unspecified atom stereocenters. The van der Waals surface area contributed by atoms with Crippen molar-refractivity contribution in [3.8, 4) is 10.6 Å². The predicted octanol–water partition coefficient (Wildman–Crippen LogP) is 3.42. The summed E-state index contributed by atoms with van der Waals surface area (Å²) in [4.78, 5) is 5.39. The maximum Gasteiger partial charge on any atom is 0.147 e. The Balaban J connectivity index is 1.66. The third-order valence-electron chi connectivity index (χ3n) is 2.73. The summed E-state index contributed by atoms with van der Waals surface area (Å²) in [6.45, 7) is 2.00. The summed E-state index contributed by atoms with van der Waals surface area (Å²) in [5.41, 5.74) is 1.04. The van der Waals surface area contributed by atoms with Crippen LogP contribution in [0.2, 0.25) is 0 Å². The zero-order valence-corrected chi connectivity index (χ0v) is 13.8.